The van der Waals surface area contributed by atoms with Crippen molar-refractivity contribution in [2.75, 3.05) is 0 Å². The summed E-state index contributed by atoms with van der Waals surface area (Å²) in [4.78, 5) is 0. The van der Waals surface area contributed by atoms with Crippen LogP contribution < -0.4 is 11.5 Å². The van der Waals surface area contributed by atoms with Gasteiger partial charge in [0, 0.05) is 0 Å². The summed E-state index contributed by atoms with van der Waals surface area (Å²) in [5, 5.41) is 0. The molecule has 2 heteroatoms. The van der Waals surface area contributed by atoms with Crippen LogP contribution in [0.4, 0.5) is 0 Å². The molecular formula is C4H14N2+2. The van der Waals surface area contributed by atoms with Crippen molar-refractivity contribution < 1.29 is 11.5 Å². The molecule has 6 heavy (non-hydrogen) atoms. The first-order valence-electron chi connectivity index (χ1n) is 2.30. The summed E-state index contributed by atoms with van der Waals surface area (Å²) in [6, 6.07) is 0.981. The third-order valence-electron chi connectivity index (χ3n) is 0.971. The Balaban J connectivity index is 2.99. The molecule has 2 atom stereocenters. The Morgan fingerprint density at radius 2 is 1.17 bits per heavy atom. The topological polar surface area (TPSA) is 55.3 Å². The predicted molar refractivity (Wildman–Crippen MR) is 24.7 cm³/mol. The summed E-state index contributed by atoms with van der Waals surface area (Å²) in [5.74, 6) is 0. The van der Waals surface area contributed by atoms with Crippen LogP contribution >= 0.6 is 0 Å². The summed E-state index contributed by atoms with van der Waals surface area (Å²) in [6.45, 7) is 4.13. The maximum atomic E-state index is 3.78. The molecule has 2 unspecified atom stereocenters. The van der Waals surface area contributed by atoms with E-state index in [2.05, 4.69) is 25.3 Å². The van der Waals surface area contributed by atoms with Crippen LogP contribution in [0, 0.1) is 0 Å². The lowest BCUT2D eigenvalue weighted by Crippen LogP contribution is -2.77. The Bertz CT molecular complexity index is 26.5. The largest absolute Gasteiger partial charge is 0.350 e. The molecular weight excluding hydrogens is 76.1 g/mol. The van der Waals surface area contributed by atoms with Gasteiger partial charge in [0.15, 0.2) is 0 Å². The SMILES string of the molecule is CC([NH3+])C(C)[NH3+]. The van der Waals surface area contributed by atoms with Gasteiger partial charge >= 0.3 is 0 Å². The quantitative estimate of drug-likeness (QED) is 0.383. The first-order valence-corrected chi connectivity index (χ1v) is 2.30. The van der Waals surface area contributed by atoms with Gasteiger partial charge in [-0.15, -0.1) is 0 Å². The molecule has 0 saturated carbocycles. The second kappa shape index (κ2) is 2.16. The monoisotopic (exact) mass is 90.1 g/mol. The molecule has 0 aromatic carbocycles. The first kappa shape index (κ1) is 5.92. The van der Waals surface area contributed by atoms with E-state index < -0.39 is 0 Å². The number of hydrogen-bond donors (Lipinski definition) is 2. The summed E-state index contributed by atoms with van der Waals surface area (Å²) >= 11 is 0. The minimum Gasteiger partial charge on any atom is -0.350 e. The van der Waals surface area contributed by atoms with Crippen molar-refractivity contribution in [3.63, 3.8) is 0 Å². The van der Waals surface area contributed by atoms with Crippen LogP contribution in [0.25, 0.3) is 0 Å². The van der Waals surface area contributed by atoms with Gasteiger partial charge in [-0.2, -0.15) is 0 Å². The lowest BCUT2D eigenvalue weighted by molar-refractivity contribution is -0.520. The Morgan fingerprint density at radius 1 is 1.00 bits per heavy atom. The van der Waals surface area contributed by atoms with Crippen LogP contribution in [0.15, 0.2) is 0 Å². The van der Waals surface area contributed by atoms with E-state index in [1.807, 2.05) is 0 Å². The van der Waals surface area contributed by atoms with Crippen LogP contribution in [0.5, 0.6) is 0 Å². The average Bonchev–Trinajstić information content (AvgIpc) is 1.36. The number of rotatable bonds is 1. The molecule has 0 rings (SSSR count). The van der Waals surface area contributed by atoms with Gasteiger partial charge in [-0.1, -0.05) is 0 Å². The van der Waals surface area contributed by atoms with E-state index >= 15 is 0 Å². The van der Waals surface area contributed by atoms with E-state index in [0.717, 1.165) is 0 Å². The van der Waals surface area contributed by atoms with Gasteiger partial charge in [0.05, 0.1) is 0 Å². The van der Waals surface area contributed by atoms with Crippen LogP contribution in [0.2, 0.25) is 0 Å². The summed E-state index contributed by atoms with van der Waals surface area (Å²) in [5.41, 5.74) is 7.55. The molecule has 0 aliphatic heterocycles. The van der Waals surface area contributed by atoms with Crippen molar-refractivity contribution in [3.05, 3.63) is 0 Å². The highest BCUT2D eigenvalue weighted by molar-refractivity contribution is 4.47. The Morgan fingerprint density at radius 3 is 1.17 bits per heavy atom. The van der Waals surface area contributed by atoms with Gasteiger partial charge in [-0.3, -0.25) is 0 Å². The van der Waals surface area contributed by atoms with Crippen LogP contribution in [0.1, 0.15) is 13.8 Å². The van der Waals surface area contributed by atoms with Crippen LogP contribution in [-0.2, 0) is 0 Å². The van der Waals surface area contributed by atoms with Gasteiger partial charge in [-0.05, 0) is 13.8 Å². The zero-order valence-corrected chi connectivity index (χ0v) is 4.57. The van der Waals surface area contributed by atoms with E-state index in [1.54, 1.807) is 0 Å². The molecule has 2 nitrogen and oxygen atoms in total. The van der Waals surface area contributed by atoms with E-state index in [4.69, 9.17) is 0 Å². The maximum absolute atomic E-state index is 3.78. The van der Waals surface area contributed by atoms with Crippen molar-refractivity contribution in [2.24, 2.45) is 0 Å². The fourth-order valence-electron chi connectivity index (χ4n) is 0. The molecule has 0 aromatic rings. The van der Waals surface area contributed by atoms with Gasteiger partial charge in [0.25, 0.3) is 0 Å². The van der Waals surface area contributed by atoms with Crippen molar-refractivity contribution in [3.8, 4) is 0 Å². The zero-order chi connectivity index (χ0) is 5.15. The maximum Gasteiger partial charge on any atom is 0.133 e. The minimum absolute atomic E-state index is 0.491. The predicted octanol–water partition coefficient (Wildman–Crippen LogP) is -1.75. The molecule has 0 amide bonds. The molecule has 0 saturated heterocycles. The van der Waals surface area contributed by atoms with E-state index in [0.29, 0.717) is 12.1 Å². The van der Waals surface area contributed by atoms with Crippen molar-refractivity contribution in [1.82, 2.24) is 0 Å². The molecule has 0 bridgehead atoms. The van der Waals surface area contributed by atoms with Gasteiger partial charge in [-0.25, -0.2) is 0 Å². The Kier molecular flexibility index (Phi) is 2.13. The molecule has 0 aromatic heterocycles. The fraction of sp³-hybridized carbons (Fsp3) is 1.00. The molecule has 0 heterocycles. The van der Waals surface area contributed by atoms with Crippen molar-refractivity contribution in [1.29, 1.82) is 0 Å². The van der Waals surface area contributed by atoms with Gasteiger partial charge in [0.1, 0.15) is 12.1 Å². The lowest BCUT2D eigenvalue weighted by Gasteiger charge is -1.98. The molecule has 0 aliphatic carbocycles. The highest BCUT2D eigenvalue weighted by Gasteiger charge is 2.04. The van der Waals surface area contributed by atoms with E-state index in [1.165, 1.54) is 0 Å². The summed E-state index contributed by atoms with van der Waals surface area (Å²) in [6.07, 6.45) is 0. The highest BCUT2D eigenvalue weighted by Crippen LogP contribution is 1.71. The second-order valence-corrected chi connectivity index (χ2v) is 1.95. The van der Waals surface area contributed by atoms with E-state index in [-0.39, 0.29) is 0 Å². The first-order chi connectivity index (χ1) is 2.64. The molecule has 0 aliphatic rings. The van der Waals surface area contributed by atoms with Crippen molar-refractivity contribution >= 4 is 0 Å². The van der Waals surface area contributed by atoms with Crippen LogP contribution in [-0.4, -0.2) is 12.1 Å². The van der Waals surface area contributed by atoms with Gasteiger partial charge in [0.2, 0.25) is 0 Å². The average molecular weight is 90.2 g/mol. The fourth-order valence-corrected chi connectivity index (χ4v) is 0. The zero-order valence-electron chi connectivity index (χ0n) is 4.57. The normalized spacial score (nSPS) is 20.0. The lowest BCUT2D eigenvalue weighted by atomic mass is 10.2. The number of hydrogen-bond acceptors (Lipinski definition) is 0. The highest BCUT2D eigenvalue weighted by atomic mass is 14.7. The minimum atomic E-state index is 0.491. The Hall–Kier alpha value is -0.0800. The molecule has 0 spiro atoms. The summed E-state index contributed by atoms with van der Waals surface area (Å²) in [7, 11) is 0. The van der Waals surface area contributed by atoms with Crippen LogP contribution in [0.3, 0.4) is 0 Å². The molecule has 6 N–H and O–H groups in total. The Labute approximate surface area is 38.5 Å². The summed E-state index contributed by atoms with van der Waals surface area (Å²) < 4.78 is 0. The number of quaternary nitrogens is 2. The molecule has 38 valence electrons. The third-order valence-corrected chi connectivity index (χ3v) is 0.971. The molecule has 0 radical (unpaired) electrons. The molecule has 0 fully saturated rings. The smallest absolute Gasteiger partial charge is 0.133 e. The third kappa shape index (κ3) is 2.18. The second-order valence-electron chi connectivity index (χ2n) is 1.95. The standard InChI is InChI=1S/C4H12N2/c1-3(5)4(2)6/h3-4H,5-6H2,1-2H3/p+2. The van der Waals surface area contributed by atoms with Gasteiger partial charge < -0.3 is 11.5 Å². The van der Waals surface area contributed by atoms with Crippen molar-refractivity contribution in [2.45, 2.75) is 25.9 Å². The van der Waals surface area contributed by atoms with E-state index in [9.17, 15) is 0 Å².